The zero-order valence-corrected chi connectivity index (χ0v) is 19.2. The Kier molecular flexibility index (Phi) is 8.51. The van der Waals surface area contributed by atoms with E-state index >= 15 is 0 Å². The SMILES string of the molecule is CCOC(=O)C=c1sc(=Cc2ccc(SC)cc2)c(=O)n1CC(=O)NCC1CCCO1. The number of benzene rings is 1. The zero-order valence-electron chi connectivity index (χ0n) is 17.6. The summed E-state index contributed by atoms with van der Waals surface area (Å²) >= 11 is 2.80. The van der Waals surface area contributed by atoms with Crippen LogP contribution in [0.2, 0.25) is 0 Å². The van der Waals surface area contributed by atoms with Gasteiger partial charge in [0.25, 0.3) is 5.56 Å². The van der Waals surface area contributed by atoms with Gasteiger partial charge in [-0.15, -0.1) is 23.1 Å². The highest BCUT2D eigenvalue weighted by atomic mass is 32.2. The van der Waals surface area contributed by atoms with Crippen LogP contribution in [-0.4, -0.2) is 48.6 Å². The van der Waals surface area contributed by atoms with Crippen molar-refractivity contribution in [2.75, 3.05) is 26.0 Å². The van der Waals surface area contributed by atoms with Gasteiger partial charge in [0.2, 0.25) is 5.91 Å². The van der Waals surface area contributed by atoms with E-state index in [1.54, 1.807) is 24.8 Å². The van der Waals surface area contributed by atoms with Gasteiger partial charge in [-0.3, -0.25) is 14.2 Å². The second-order valence-corrected chi connectivity index (χ2v) is 8.89. The number of aromatic nitrogens is 1. The quantitative estimate of drug-likeness (QED) is 0.467. The maximum Gasteiger partial charge on any atom is 0.333 e. The summed E-state index contributed by atoms with van der Waals surface area (Å²) in [6, 6.07) is 7.82. The monoisotopic (exact) mass is 462 g/mol. The molecule has 7 nitrogen and oxygen atoms in total. The second-order valence-electron chi connectivity index (χ2n) is 6.95. The van der Waals surface area contributed by atoms with E-state index in [2.05, 4.69) is 5.32 Å². The molecule has 166 valence electrons. The van der Waals surface area contributed by atoms with Crippen LogP contribution in [0.25, 0.3) is 12.2 Å². The third-order valence-electron chi connectivity index (χ3n) is 4.73. The van der Waals surface area contributed by atoms with E-state index in [0.717, 1.165) is 34.6 Å². The number of carbonyl (C=O) groups excluding carboxylic acids is 2. The van der Waals surface area contributed by atoms with Gasteiger partial charge in [0.05, 0.1) is 23.3 Å². The second kappa shape index (κ2) is 11.3. The Labute approximate surface area is 188 Å². The van der Waals surface area contributed by atoms with Crippen molar-refractivity contribution < 1.29 is 19.1 Å². The maximum absolute atomic E-state index is 13.0. The van der Waals surface area contributed by atoms with Crippen LogP contribution in [0.1, 0.15) is 25.3 Å². The van der Waals surface area contributed by atoms with E-state index < -0.39 is 5.97 Å². The lowest BCUT2D eigenvalue weighted by Crippen LogP contribution is -2.40. The molecule has 3 rings (SSSR count). The average Bonchev–Trinajstić information content (AvgIpc) is 3.37. The first kappa shape index (κ1) is 23.3. The molecule has 1 amide bonds. The molecule has 2 aromatic rings. The number of rotatable bonds is 8. The van der Waals surface area contributed by atoms with E-state index in [1.807, 2.05) is 30.5 Å². The van der Waals surface area contributed by atoms with E-state index in [1.165, 1.54) is 10.6 Å². The smallest absolute Gasteiger partial charge is 0.333 e. The number of thioether (sulfide) groups is 1. The highest BCUT2D eigenvalue weighted by Gasteiger charge is 2.17. The normalized spacial score (nSPS) is 17.2. The summed E-state index contributed by atoms with van der Waals surface area (Å²) in [6.45, 7) is 2.89. The predicted octanol–water partition coefficient (Wildman–Crippen LogP) is 1.10. The number of thiazole rings is 1. The lowest BCUT2D eigenvalue weighted by atomic mass is 10.2. The van der Waals surface area contributed by atoms with Crippen molar-refractivity contribution in [3.05, 3.63) is 49.4 Å². The Balaban J connectivity index is 1.89. The van der Waals surface area contributed by atoms with Crippen LogP contribution in [0.3, 0.4) is 0 Å². The molecule has 1 aliphatic heterocycles. The van der Waals surface area contributed by atoms with Crippen molar-refractivity contribution in [2.24, 2.45) is 0 Å². The van der Waals surface area contributed by atoms with Crippen LogP contribution < -0.4 is 20.1 Å². The molecule has 1 unspecified atom stereocenters. The number of amides is 1. The molecule has 1 aliphatic rings. The van der Waals surface area contributed by atoms with Crippen molar-refractivity contribution in [3.63, 3.8) is 0 Å². The fourth-order valence-electron chi connectivity index (χ4n) is 3.16. The molecule has 2 heterocycles. The van der Waals surface area contributed by atoms with Crippen molar-refractivity contribution in [3.8, 4) is 0 Å². The number of hydrogen-bond acceptors (Lipinski definition) is 7. The number of nitrogens with one attached hydrogen (secondary N) is 1. The van der Waals surface area contributed by atoms with Gasteiger partial charge in [0, 0.05) is 18.0 Å². The molecule has 9 heteroatoms. The molecule has 31 heavy (non-hydrogen) atoms. The van der Waals surface area contributed by atoms with Crippen molar-refractivity contribution >= 4 is 47.1 Å². The Morgan fingerprint density at radius 3 is 2.77 bits per heavy atom. The highest BCUT2D eigenvalue weighted by Crippen LogP contribution is 2.15. The van der Waals surface area contributed by atoms with Gasteiger partial charge in [-0.2, -0.15) is 0 Å². The summed E-state index contributed by atoms with van der Waals surface area (Å²) in [5.41, 5.74) is 0.551. The van der Waals surface area contributed by atoms with Gasteiger partial charge in [-0.05, 0) is 49.8 Å². The van der Waals surface area contributed by atoms with Crippen LogP contribution >= 0.6 is 23.1 Å². The van der Waals surface area contributed by atoms with Gasteiger partial charge in [-0.25, -0.2) is 4.79 Å². The van der Waals surface area contributed by atoms with Crippen molar-refractivity contribution in [2.45, 2.75) is 37.3 Å². The summed E-state index contributed by atoms with van der Waals surface area (Å²) < 4.78 is 12.6. The topological polar surface area (TPSA) is 86.6 Å². The minimum atomic E-state index is -0.548. The van der Waals surface area contributed by atoms with Gasteiger partial charge in [0.1, 0.15) is 11.2 Å². The molecule has 0 saturated carbocycles. The molecule has 1 atom stereocenters. The van der Waals surface area contributed by atoms with Gasteiger partial charge < -0.3 is 14.8 Å². The molecule has 1 aromatic carbocycles. The molecule has 0 radical (unpaired) electrons. The summed E-state index contributed by atoms with van der Waals surface area (Å²) in [4.78, 5) is 38.6. The predicted molar refractivity (Wildman–Crippen MR) is 123 cm³/mol. The first-order valence-electron chi connectivity index (χ1n) is 10.1. The minimum Gasteiger partial charge on any atom is -0.463 e. The Bertz CT molecular complexity index is 1080. The first-order valence-corrected chi connectivity index (χ1v) is 12.2. The molecule has 0 bridgehead atoms. The number of esters is 1. The minimum absolute atomic E-state index is 0.0156. The number of ether oxygens (including phenoxy) is 2. The molecule has 1 saturated heterocycles. The summed E-state index contributed by atoms with van der Waals surface area (Å²) in [5, 5.41) is 2.82. The van der Waals surface area contributed by atoms with Crippen molar-refractivity contribution in [1.29, 1.82) is 0 Å². The summed E-state index contributed by atoms with van der Waals surface area (Å²) in [5.74, 6) is -0.849. The van der Waals surface area contributed by atoms with Gasteiger partial charge >= 0.3 is 5.97 Å². The lowest BCUT2D eigenvalue weighted by molar-refractivity contribution is -0.135. The lowest BCUT2D eigenvalue weighted by Gasteiger charge is -2.10. The maximum atomic E-state index is 13.0. The van der Waals surface area contributed by atoms with Crippen LogP contribution in [0.15, 0.2) is 34.0 Å². The van der Waals surface area contributed by atoms with Crippen molar-refractivity contribution in [1.82, 2.24) is 9.88 Å². The molecular weight excluding hydrogens is 436 g/mol. The average molecular weight is 463 g/mol. The summed E-state index contributed by atoms with van der Waals surface area (Å²) in [7, 11) is 0. The molecular formula is C22H26N2O5S2. The number of nitrogens with zero attached hydrogens (tertiary/aromatic N) is 1. The van der Waals surface area contributed by atoms with Gasteiger partial charge in [0.15, 0.2) is 0 Å². The molecule has 1 N–H and O–H groups in total. The molecule has 1 aromatic heterocycles. The van der Waals surface area contributed by atoms with E-state index in [-0.39, 0.29) is 30.7 Å². The largest absolute Gasteiger partial charge is 0.463 e. The zero-order chi connectivity index (χ0) is 22.2. The van der Waals surface area contributed by atoms with Crippen LogP contribution in [-0.2, 0) is 25.6 Å². The standard InChI is InChI=1S/C22H26N2O5S2/c1-3-28-21(26)12-20-24(14-19(25)23-13-16-5-4-10-29-16)22(27)18(31-20)11-15-6-8-17(30-2)9-7-15/h6-9,11-12,16H,3-5,10,13-14H2,1-2H3,(H,23,25). The van der Waals surface area contributed by atoms with E-state index in [0.29, 0.717) is 22.3 Å². The molecule has 1 fully saturated rings. The fraction of sp³-hybridized carbons (Fsp3) is 0.409. The third-order valence-corrected chi connectivity index (χ3v) is 6.53. The Morgan fingerprint density at radius 1 is 1.35 bits per heavy atom. The molecule has 0 aliphatic carbocycles. The van der Waals surface area contributed by atoms with Crippen LogP contribution in [0, 0.1) is 0 Å². The molecule has 0 spiro atoms. The van der Waals surface area contributed by atoms with E-state index in [9.17, 15) is 14.4 Å². The van der Waals surface area contributed by atoms with Crippen LogP contribution in [0.5, 0.6) is 0 Å². The first-order chi connectivity index (χ1) is 15.0. The van der Waals surface area contributed by atoms with E-state index in [4.69, 9.17) is 9.47 Å². The Hall–Kier alpha value is -2.36. The number of carbonyl (C=O) groups is 2. The fourth-order valence-corrected chi connectivity index (χ4v) is 4.60. The number of hydrogen-bond donors (Lipinski definition) is 1. The van der Waals surface area contributed by atoms with Gasteiger partial charge in [-0.1, -0.05) is 12.1 Å². The Morgan fingerprint density at radius 2 is 2.13 bits per heavy atom. The summed E-state index contributed by atoms with van der Waals surface area (Å²) in [6.07, 6.45) is 6.94. The third kappa shape index (κ3) is 6.56. The highest BCUT2D eigenvalue weighted by molar-refractivity contribution is 7.98. The van der Waals surface area contributed by atoms with Crippen LogP contribution in [0.4, 0.5) is 0 Å².